The lowest BCUT2D eigenvalue weighted by Gasteiger charge is -2.31. The molecule has 178 valence electrons. The molecule has 0 spiro atoms. The van der Waals surface area contributed by atoms with Gasteiger partial charge in [0, 0.05) is 37.2 Å². The molecule has 3 amide bonds. The van der Waals surface area contributed by atoms with Crippen LogP contribution in [0, 0.1) is 5.92 Å². The SMILES string of the molecule is CC(=O)Nc1ccc2nc(NC(=O)C3CCN(C(=O)c4ccc(C(F)(F)F)cc4)CC3)sc2c1. The van der Waals surface area contributed by atoms with E-state index in [0.717, 1.165) is 16.8 Å². The number of nitrogens with one attached hydrogen (secondary N) is 2. The highest BCUT2D eigenvalue weighted by Crippen LogP contribution is 2.31. The summed E-state index contributed by atoms with van der Waals surface area (Å²) in [5.41, 5.74) is 0.725. The minimum atomic E-state index is -4.45. The van der Waals surface area contributed by atoms with E-state index in [2.05, 4.69) is 15.6 Å². The van der Waals surface area contributed by atoms with Crippen molar-refractivity contribution in [2.75, 3.05) is 23.7 Å². The molecule has 1 fully saturated rings. The number of carbonyl (C=O) groups is 3. The predicted octanol–water partition coefficient (Wildman–Crippen LogP) is 4.76. The smallest absolute Gasteiger partial charge is 0.339 e. The Labute approximate surface area is 197 Å². The Kier molecular flexibility index (Phi) is 6.56. The van der Waals surface area contributed by atoms with Gasteiger partial charge in [0.2, 0.25) is 11.8 Å². The summed E-state index contributed by atoms with van der Waals surface area (Å²) in [5.74, 6) is -1.03. The van der Waals surface area contributed by atoms with Crippen LogP contribution in [-0.4, -0.2) is 40.7 Å². The molecule has 11 heteroatoms. The van der Waals surface area contributed by atoms with E-state index in [-0.39, 0.29) is 29.2 Å². The molecule has 1 aliphatic heterocycles. The number of aromatic nitrogens is 1. The van der Waals surface area contributed by atoms with E-state index in [4.69, 9.17) is 0 Å². The third kappa shape index (κ3) is 5.36. The maximum absolute atomic E-state index is 12.7. The lowest BCUT2D eigenvalue weighted by atomic mass is 9.95. The number of benzene rings is 2. The van der Waals surface area contributed by atoms with E-state index in [1.54, 1.807) is 23.1 Å². The van der Waals surface area contributed by atoms with Gasteiger partial charge >= 0.3 is 6.18 Å². The second kappa shape index (κ2) is 9.41. The van der Waals surface area contributed by atoms with Crippen molar-refractivity contribution in [3.8, 4) is 0 Å². The van der Waals surface area contributed by atoms with Crippen molar-refractivity contribution in [3.05, 3.63) is 53.6 Å². The molecule has 1 aromatic heterocycles. The number of thiazole rings is 1. The molecule has 1 saturated heterocycles. The zero-order valence-corrected chi connectivity index (χ0v) is 18.9. The highest BCUT2D eigenvalue weighted by molar-refractivity contribution is 7.22. The summed E-state index contributed by atoms with van der Waals surface area (Å²) in [5, 5.41) is 5.98. The highest BCUT2D eigenvalue weighted by atomic mass is 32.1. The van der Waals surface area contributed by atoms with Crippen molar-refractivity contribution in [2.24, 2.45) is 5.92 Å². The third-order valence-corrected chi connectivity index (χ3v) is 6.48. The lowest BCUT2D eigenvalue weighted by molar-refractivity contribution is -0.137. The molecule has 1 aliphatic rings. The number of anilines is 2. The number of carbonyl (C=O) groups excluding carboxylic acids is 3. The number of likely N-dealkylation sites (tertiary alicyclic amines) is 1. The van der Waals surface area contributed by atoms with Crippen LogP contribution in [0.2, 0.25) is 0 Å². The van der Waals surface area contributed by atoms with E-state index in [1.165, 1.54) is 30.4 Å². The third-order valence-electron chi connectivity index (χ3n) is 5.55. The molecular formula is C23H21F3N4O3S. The van der Waals surface area contributed by atoms with Gasteiger partial charge in [-0.2, -0.15) is 13.2 Å². The monoisotopic (exact) mass is 490 g/mol. The molecule has 34 heavy (non-hydrogen) atoms. The molecule has 0 bridgehead atoms. The Morgan fingerprint density at radius 3 is 2.32 bits per heavy atom. The molecule has 0 unspecified atom stereocenters. The van der Waals surface area contributed by atoms with E-state index in [9.17, 15) is 27.6 Å². The standard InChI is InChI=1S/C23H21F3N4O3S/c1-13(31)27-17-6-7-18-19(12-17)34-22(28-18)29-20(32)14-8-10-30(11-9-14)21(33)15-2-4-16(5-3-15)23(24,25)26/h2-7,12,14H,8-11H2,1H3,(H,27,31)(H,28,29,32). The van der Waals surface area contributed by atoms with Gasteiger partial charge in [0.1, 0.15) is 0 Å². The fraction of sp³-hybridized carbons (Fsp3) is 0.304. The minimum absolute atomic E-state index is 0.180. The number of halogens is 3. The summed E-state index contributed by atoms with van der Waals surface area (Å²) in [4.78, 5) is 42.5. The first-order chi connectivity index (χ1) is 16.1. The van der Waals surface area contributed by atoms with Gasteiger partial charge in [-0.05, 0) is 55.3 Å². The zero-order chi connectivity index (χ0) is 24.5. The minimum Gasteiger partial charge on any atom is -0.339 e. The Morgan fingerprint density at radius 2 is 1.71 bits per heavy atom. The Hall–Kier alpha value is -3.47. The highest BCUT2D eigenvalue weighted by Gasteiger charge is 2.31. The molecule has 7 nitrogen and oxygen atoms in total. The zero-order valence-electron chi connectivity index (χ0n) is 18.1. The van der Waals surface area contributed by atoms with E-state index in [1.807, 2.05) is 0 Å². The Morgan fingerprint density at radius 1 is 1.03 bits per heavy atom. The van der Waals surface area contributed by atoms with Crippen LogP contribution >= 0.6 is 11.3 Å². The topological polar surface area (TPSA) is 91.4 Å². The average molecular weight is 491 g/mol. The van der Waals surface area contributed by atoms with Gasteiger partial charge in [-0.15, -0.1) is 0 Å². The van der Waals surface area contributed by atoms with Gasteiger partial charge in [-0.1, -0.05) is 11.3 Å². The first-order valence-electron chi connectivity index (χ1n) is 10.6. The van der Waals surface area contributed by atoms with Crippen molar-refractivity contribution in [1.29, 1.82) is 0 Å². The van der Waals surface area contributed by atoms with Crippen molar-refractivity contribution >= 4 is 50.1 Å². The van der Waals surface area contributed by atoms with Crippen LogP contribution in [0.1, 0.15) is 35.7 Å². The average Bonchev–Trinajstić information content (AvgIpc) is 3.19. The Bertz CT molecular complexity index is 1230. The molecule has 0 aliphatic carbocycles. The van der Waals surface area contributed by atoms with Gasteiger partial charge in [-0.3, -0.25) is 14.4 Å². The number of piperidine rings is 1. The number of rotatable bonds is 4. The molecule has 0 saturated carbocycles. The molecule has 3 aromatic rings. The van der Waals surface area contributed by atoms with E-state index in [0.29, 0.717) is 42.3 Å². The Balaban J connectivity index is 1.33. The molecule has 0 radical (unpaired) electrons. The summed E-state index contributed by atoms with van der Waals surface area (Å²) in [6.07, 6.45) is -3.57. The van der Waals surface area contributed by atoms with Crippen LogP contribution in [0.3, 0.4) is 0 Å². The van der Waals surface area contributed by atoms with Crippen molar-refractivity contribution in [1.82, 2.24) is 9.88 Å². The predicted molar refractivity (Wildman–Crippen MR) is 123 cm³/mol. The van der Waals surface area contributed by atoms with Crippen LogP contribution in [-0.2, 0) is 15.8 Å². The molecule has 2 heterocycles. The molecule has 2 aromatic carbocycles. The molecule has 0 atom stereocenters. The first kappa shape index (κ1) is 23.7. The number of nitrogens with zero attached hydrogens (tertiary/aromatic N) is 2. The maximum Gasteiger partial charge on any atom is 0.416 e. The maximum atomic E-state index is 12.7. The summed E-state index contributed by atoms with van der Waals surface area (Å²) in [6, 6.07) is 9.42. The van der Waals surface area contributed by atoms with Crippen LogP contribution < -0.4 is 10.6 Å². The van der Waals surface area contributed by atoms with Gasteiger partial charge in [-0.25, -0.2) is 4.98 Å². The largest absolute Gasteiger partial charge is 0.416 e. The summed E-state index contributed by atoms with van der Waals surface area (Å²) in [7, 11) is 0. The second-order valence-electron chi connectivity index (χ2n) is 8.01. The van der Waals surface area contributed by atoms with E-state index >= 15 is 0 Å². The summed E-state index contributed by atoms with van der Waals surface area (Å²) < 4.78 is 39.0. The van der Waals surface area contributed by atoms with Gasteiger partial charge < -0.3 is 15.5 Å². The molecular weight excluding hydrogens is 469 g/mol. The second-order valence-corrected chi connectivity index (χ2v) is 9.04. The quantitative estimate of drug-likeness (QED) is 0.552. The number of fused-ring (bicyclic) bond motifs is 1. The fourth-order valence-electron chi connectivity index (χ4n) is 3.80. The van der Waals surface area contributed by atoms with E-state index < -0.39 is 11.7 Å². The van der Waals surface area contributed by atoms with Crippen molar-refractivity contribution in [3.63, 3.8) is 0 Å². The number of alkyl halides is 3. The van der Waals surface area contributed by atoms with Gasteiger partial charge in [0.05, 0.1) is 15.8 Å². The number of hydrogen-bond acceptors (Lipinski definition) is 5. The first-order valence-corrected chi connectivity index (χ1v) is 11.4. The summed E-state index contributed by atoms with van der Waals surface area (Å²) >= 11 is 1.30. The van der Waals surface area contributed by atoms with Crippen LogP contribution in [0.4, 0.5) is 24.0 Å². The van der Waals surface area contributed by atoms with Crippen LogP contribution in [0.15, 0.2) is 42.5 Å². The van der Waals surface area contributed by atoms with Crippen LogP contribution in [0.5, 0.6) is 0 Å². The van der Waals surface area contributed by atoms with Gasteiger partial charge in [0.15, 0.2) is 5.13 Å². The van der Waals surface area contributed by atoms with Crippen molar-refractivity contribution < 1.29 is 27.6 Å². The summed E-state index contributed by atoms with van der Waals surface area (Å²) in [6.45, 7) is 2.08. The number of amides is 3. The van der Waals surface area contributed by atoms with Crippen molar-refractivity contribution in [2.45, 2.75) is 25.9 Å². The number of hydrogen-bond donors (Lipinski definition) is 2. The normalized spacial score (nSPS) is 14.8. The molecule has 4 rings (SSSR count). The molecule has 2 N–H and O–H groups in total. The van der Waals surface area contributed by atoms with Gasteiger partial charge in [0.25, 0.3) is 5.91 Å². The van der Waals surface area contributed by atoms with Crippen LogP contribution in [0.25, 0.3) is 10.2 Å². The lowest BCUT2D eigenvalue weighted by Crippen LogP contribution is -2.41. The fourth-order valence-corrected chi connectivity index (χ4v) is 4.70.